The highest BCUT2D eigenvalue weighted by atomic mass is 16.6. The average molecular weight is 1210 g/mol. The standard InChI is InChI=1S/C69H130N4O12/c1-6-11-16-21-24-32-41-61(39-30-19-14-9-4)68(76)84-48-37-27-26-35-46-82-59-65(83-47-36-28-29-38-49-85-69(77)62(40-31-20-15-10-5)42-33-25-22-17-12-7-2)67(75)73-63(43-34-23-18-13-8-3)44-50-78-52-54-80-56-57-81-55-53-79-51-45-71-66(74)64-58-70-60-72-64/h58,60-63,65H,6-57,59H2,1-5H3,(H,70,72)(H,71,74)(H,73,75). The summed E-state index contributed by atoms with van der Waals surface area (Å²) in [6.07, 6.45) is 44.4. The van der Waals surface area contributed by atoms with Gasteiger partial charge in [0.05, 0.1) is 84.2 Å². The molecule has 1 heterocycles. The van der Waals surface area contributed by atoms with Crippen molar-refractivity contribution in [3.63, 3.8) is 0 Å². The minimum Gasteiger partial charge on any atom is -0.465 e. The monoisotopic (exact) mass is 1210 g/mol. The van der Waals surface area contributed by atoms with Gasteiger partial charge in [-0.25, -0.2) is 4.98 Å². The fourth-order valence-corrected chi connectivity index (χ4v) is 10.4. The van der Waals surface area contributed by atoms with Crippen LogP contribution in [0.1, 0.15) is 296 Å². The number of aromatic nitrogens is 2. The maximum Gasteiger partial charge on any atom is 0.308 e. The molecule has 4 atom stereocenters. The van der Waals surface area contributed by atoms with Gasteiger partial charge < -0.3 is 53.5 Å². The van der Waals surface area contributed by atoms with Crippen molar-refractivity contribution in [1.82, 2.24) is 20.6 Å². The number of carbonyl (C=O) groups excluding carboxylic acids is 4. The van der Waals surface area contributed by atoms with Crippen molar-refractivity contribution in [2.45, 2.75) is 297 Å². The third-order valence-corrected chi connectivity index (χ3v) is 15.9. The maximum atomic E-state index is 14.1. The number of H-pyrrole nitrogens is 1. The molecule has 1 rings (SSSR count). The lowest BCUT2D eigenvalue weighted by Crippen LogP contribution is -2.45. The van der Waals surface area contributed by atoms with E-state index < -0.39 is 6.10 Å². The van der Waals surface area contributed by atoms with Gasteiger partial charge in [-0.1, -0.05) is 208 Å². The SMILES string of the molecule is CCCCCCCCC(CCCCCC)C(=O)OCCCCCCOCC(OCCCCCCOC(=O)C(CCCCCC)CCCCCCCC)C(=O)NC(CCCCCCC)CCOCCOCCOCCOCCNC(=O)c1c[nH]cn1. The second kappa shape index (κ2) is 62.5. The largest absolute Gasteiger partial charge is 0.465 e. The zero-order valence-electron chi connectivity index (χ0n) is 55.3. The molecule has 1 aromatic rings. The Morgan fingerprint density at radius 2 is 0.800 bits per heavy atom. The molecular formula is C69H130N4O12. The summed E-state index contributed by atoms with van der Waals surface area (Å²) in [5.41, 5.74) is 0.343. The predicted molar refractivity (Wildman–Crippen MR) is 344 cm³/mol. The number of unbranched alkanes of at least 4 members (excludes halogenated alkanes) is 26. The van der Waals surface area contributed by atoms with Crippen LogP contribution < -0.4 is 10.6 Å². The molecule has 1 aromatic heterocycles. The normalized spacial score (nSPS) is 13.0. The molecule has 85 heavy (non-hydrogen) atoms. The summed E-state index contributed by atoms with van der Waals surface area (Å²) in [6.45, 7) is 17.1. The van der Waals surface area contributed by atoms with Crippen LogP contribution in [0.25, 0.3) is 0 Å². The van der Waals surface area contributed by atoms with Gasteiger partial charge in [-0.2, -0.15) is 0 Å². The summed E-state index contributed by atoms with van der Waals surface area (Å²) in [5, 5.41) is 6.09. The van der Waals surface area contributed by atoms with Crippen LogP contribution in [0.15, 0.2) is 12.5 Å². The van der Waals surface area contributed by atoms with E-state index in [1.165, 1.54) is 128 Å². The third kappa shape index (κ3) is 50.4. The quantitative estimate of drug-likeness (QED) is 0.0412. The highest BCUT2D eigenvalue weighted by molar-refractivity contribution is 5.91. The van der Waals surface area contributed by atoms with Crippen LogP contribution in [0, 0.1) is 11.8 Å². The second-order valence-corrected chi connectivity index (χ2v) is 23.7. The molecule has 0 aliphatic carbocycles. The summed E-state index contributed by atoms with van der Waals surface area (Å²) >= 11 is 0. The van der Waals surface area contributed by atoms with Crippen molar-refractivity contribution in [2.24, 2.45) is 11.8 Å². The van der Waals surface area contributed by atoms with Gasteiger partial charge in [-0.15, -0.1) is 0 Å². The molecule has 16 nitrogen and oxygen atoms in total. The van der Waals surface area contributed by atoms with E-state index >= 15 is 0 Å². The number of imidazole rings is 1. The van der Waals surface area contributed by atoms with Gasteiger partial charge >= 0.3 is 11.9 Å². The predicted octanol–water partition coefficient (Wildman–Crippen LogP) is 15.7. The lowest BCUT2D eigenvalue weighted by Gasteiger charge is -2.23. The number of aromatic amines is 1. The fraction of sp³-hybridized carbons (Fsp3) is 0.899. The molecule has 2 amide bonds. The molecule has 16 heteroatoms. The minimum atomic E-state index is -0.737. The lowest BCUT2D eigenvalue weighted by atomic mass is 9.94. The van der Waals surface area contributed by atoms with E-state index in [0.717, 1.165) is 122 Å². The topological polar surface area (TPSA) is 195 Å². The molecule has 0 fully saturated rings. The summed E-state index contributed by atoms with van der Waals surface area (Å²) in [4.78, 5) is 59.1. The highest BCUT2D eigenvalue weighted by Crippen LogP contribution is 2.23. The molecule has 0 aliphatic heterocycles. The van der Waals surface area contributed by atoms with Crippen LogP contribution in [0.2, 0.25) is 0 Å². The molecule has 3 N–H and O–H groups in total. The number of hydrogen-bond acceptors (Lipinski definition) is 13. The van der Waals surface area contributed by atoms with Crippen molar-refractivity contribution in [3.05, 3.63) is 18.2 Å². The zero-order chi connectivity index (χ0) is 61.6. The number of hydrogen-bond donors (Lipinski definition) is 3. The van der Waals surface area contributed by atoms with E-state index in [0.29, 0.717) is 97.9 Å². The molecule has 0 bridgehead atoms. The van der Waals surface area contributed by atoms with Crippen LogP contribution >= 0.6 is 0 Å². The number of carbonyl (C=O) groups is 4. The first kappa shape index (κ1) is 79.9. The summed E-state index contributed by atoms with van der Waals surface area (Å²) in [6, 6.07) is -0.0605. The average Bonchev–Trinajstić information content (AvgIpc) is 4.15. The minimum absolute atomic E-state index is 0.00701. The van der Waals surface area contributed by atoms with Gasteiger partial charge in [0.15, 0.2) is 6.10 Å². The maximum absolute atomic E-state index is 14.1. The Morgan fingerprint density at radius 3 is 1.26 bits per heavy atom. The Kier molecular flexibility index (Phi) is 58.7. The van der Waals surface area contributed by atoms with E-state index in [1.807, 2.05) is 0 Å². The van der Waals surface area contributed by atoms with E-state index in [1.54, 1.807) is 6.20 Å². The molecule has 0 radical (unpaired) electrons. The van der Waals surface area contributed by atoms with Crippen LogP contribution in [0.5, 0.6) is 0 Å². The van der Waals surface area contributed by atoms with Crippen LogP contribution in [-0.4, -0.2) is 138 Å². The number of rotatable bonds is 67. The van der Waals surface area contributed by atoms with Gasteiger partial charge in [0, 0.05) is 38.6 Å². The van der Waals surface area contributed by atoms with Crippen LogP contribution in [0.3, 0.4) is 0 Å². The van der Waals surface area contributed by atoms with Crippen molar-refractivity contribution < 1.29 is 57.1 Å². The Hall–Kier alpha value is -3.15. The number of nitrogens with one attached hydrogen (secondary N) is 3. The molecule has 0 spiro atoms. The van der Waals surface area contributed by atoms with E-state index in [-0.39, 0.29) is 48.2 Å². The van der Waals surface area contributed by atoms with Gasteiger partial charge in [0.25, 0.3) is 11.8 Å². The van der Waals surface area contributed by atoms with Gasteiger partial charge in [-0.3, -0.25) is 19.2 Å². The smallest absolute Gasteiger partial charge is 0.308 e. The molecular weight excluding hydrogens is 1080 g/mol. The summed E-state index contributed by atoms with van der Waals surface area (Å²) in [7, 11) is 0. The Balaban J connectivity index is 2.69. The first-order valence-electron chi connectivity index (χ1n) is 35.2. The molecule has 0 aliphatic rings. The third-order valence-electron chi connectivity index (χ3n) is 15.9. The van der Waals surface area contributed by atoms with Crippen molar-refractivity contribution >= 4 is 23.8 Å². The van der Waals surface area contributed by atoms with E-state index in [4.69, 9.17) is 37.9 Å². The Morgan fingerprint density at radius 1 is 0.412 bits per heavy atom. The van der Waals surface area contributed by atoms with Gasteiger partial charge in [-0.05, 0) is 77.0 Å². The number of amides is 2. The molecule has 4 unspecified atom stereocenters. The van der Waals surface area contributed by atoms with E-state index in [2.05, 4.69) is 55.2 Å². The van der Waals surface area contributed by atoms with Crippen molar-refractivity contribution in [1.29, 1.82) is 0 Å². The van der Waals surface area contributed by atoms with Crippen molar-refractivity contribution in [2.75, 3.05) is 92.4 Å². The first-order valence-corrected chi connectivity index (χ1v) is 35.2. The lowest BCUT2D eigenvalue weighted by molar-refractivity contribution is -0.150. The fourth-order valence-electron chi connectivity index (χ4n) is 10.4. The number of nitrogens with zero attached hydrogens (tertiary/aromatic N) is 1. The second-order valence-electron chi connectivity index (χ2n) is 23.7. The van der Waals surface area contributed by atoms with Gasteiger partial charge in [0.2, 0.25) is 0 Å². The Bertz CT molecular complexity index is 1610. The van der Waals surface area contributed by atoms with Crippen LogP contribution in [-0.2, 0) is 52.3 Å². The molecule has 498 valence electrons. The summed E-state index contributed by atoms with van der Waals surface area (Å²) in [5.74, 6) is -0.382. The molecule has 0 saturated carbocycles. The van der Waals surface area contributed by atoms with E-state index in [9.17, 15) is 19.2 Å². The molecule has 0 saturated heterocycles. The molecule has 0 aromatic carbocycles. The van der Waals surface area contributed by atoms with Gasteiger partial charge in [0.1, 0.15) is 5.69 Å². The Labute approximate surface area is 519 Å². The highest BCUT2D eigenvalue weighted by Gasteiger charge is 2.24. The van der Waals surface area contributed by atoms with Crippen LogP contribution in [0.4, 0.5) is 0 Å². The van der Waals surface area contributed by atoms with Crippen molar-refractivity contribution in [3.8, 4) is 0 Å². The summed E-state index contributed by atoms with van der Waals surface area (Å²) < 4.78 is 47.1. The number of esters is 2. The first-order chi connectivity index (χ1) is 41.8. The number of ether oxygens (including phenoxy) is 8. The zero-order valence-corrected chi connectivity index (χ0v) is 55.3.